The molecular formula is C18H19N5O2. The maximum absolute atomic E-state index is 12.8. The molecule has 0 bridgehead atoms. The van der Waals surface area contributed by atoms with Crippen LogP contribution in [0.2, 0.25) is 0 Å². The van der Waals surface area contributed by atoms with Crippen LogP contribution in [0.15, 0.2) is 43.1 Å². The fourth-order valence-electron chi connectivity index (χ4n) is 3.10. The zero-order valence-electron chi connectivity index (χ0n) is 14.0. The molecule has 4 heterocycles. The van der Waals surface area contributed by atoms with Gasteiger partial charge in [-0.15, -0.1) is 0 Å². The van der Waals surface area contributed by atoms with Gasteiger partial charge in [-0.3, -0.25) is 9.78 Å². The third-order valence-corrected chi connectivity index (χ3v) is 4.50. The second kappa shape index (κ2) is 6.51. The number of piperidine rings is 1. The Bertz CT molecular complexity index is 899. The molecule has 1 aliphatic rings. The van der Waals surface area contributed by atoms with E-state index < -0.39 is 0 Å². The molecule has 0 N–H and O–H groups in total. The molecule has 0 spiro atoms. The fraction of sp³-hybridized carbons (Fsp3) is 0.333. The van der Waals surface area contributed by atoms with Crippen LogP contribution in [0.1, 0.15) is 28.8 Å². The Morgan fingerprint density at radius 3 is 2.88 bits per heavy atom. The summed E-state index contributed by atoms with van der Waals surface area (Å²) < 4.78 is 7.69. The minimum absolute atomic E-state index is 0.0211. The van der Waals surface area contributed by atoms with Gasteiger partial charge in [-0.25, -0.2) is 9.50 Å². The van der Waals surface area contributed by atoms with Crippen molar-refractivity contribution >= 4 is 11.6 Å². The fourth-order valence-corrected chi connectivity index (χ4v) is 3.10. The van der Waals surface area contributed by atoms with E-state index in [0.29, 0.717) is 24.3 Å². The molecule has 0 atom stereocenters. The molecule has 0 saturated carbocycles. The van der Waals surface area contributed by atoms with Crippen molar-refractivity contribution in [1.82, 2.24) is 24.5 Å². The quantitative estimate of drug-likeness (QED) is 0.732. The van der Waals surface area contributed by atoms with E-state index in [1.807, 2.05) is 17.9 Å². The third-order valence-electron chi connectivity index (χ3n) is 4.50. The topological polar surface area (TPSA) is 72.6 Å². The highest BCUT2D eigenvalue weighted by Crippen LogP contribution is 2.22. The number of carbonyl (C=O) groups is 1. The maximum atomic E-state index is 12.8. The SMILES string of the molecule is Cc1cnccc1OC1CCN(C(=O)c2cnn3cccnc23)CC1. The smallest absolute Gasteiger partial charge is 0.259 e. The Morgan fingerprint density at radius 2 is 2.08 bits per heavy atom. The number of aromatic nitrogens is 4. The van der Waals surface area contributed by atoms with Crippen LogP contribution in [-0.4, -0.2) is 49.6 Å². The second-order valence-corrected chi connectivity index (χ2v) is 6.20. The Kier molecular flexibility index (Phi) is 4.05. The van der Waals surface area contributed by atoms with Gasteiger partial charge in [0.1, 0.15) is 17.4 Å². The molecule has 1 aliphatic heterocycles. The first-order valence-electron chi connectivity index (χ1n) is 8.37. The van der Waals surface area contributed by atoms with Crippen LogP contribution in [0, 0.1) is 6.92 Å². The standard InChI is InChI=1S/C18H19N5O2/c1-13-11-19-7-3-16(13)25-14-4-9-22(10-5-14)18(24)15-12-21-23-8-2-6-20-17(15)23/h2-3,6-8,11-12,14H,4-5,9-10H2,1H3. The highest BCUT2D eigenvalue weighted by molar-refractivity contribution is 5.99. The van der Waals surface area contributed by atoms with Gasteiger partial charge < -0.3 is 9.64 Å². The van der Waals surface area contributed by atoms with Crippen LogP contribution in [0.25, 0.3) is 5.65 Å². The van der Waals surface area contributed by atoms with Crippen LogP contribution in [0.3, 0.4) is 0 Å². The molecule has 1 saturated heterocycles. The average Bonchev–Trinajstić information content (AvgIpc) is 3.08. The zero-order valence-corrected chi connectivity index (χ0v) is 14.0. The molecule has 0 aromatic carbocycles. The van der Waals surface area contributed by atoms with Crippen molar-refractivity contribution in [2.45, 2.75) is 25.9 Å². The lowest BCUT2D eigenvalue weighted by molar-refractivity contribution is 0.0596. The van der Waals surface area contributed by atoms with Crippen molar-refractivity contribution in [3.63, 3.8) is 0 Å². The number of amides is 1. The minimum Gasteiger partial charge on any atom is -0.490 e. The molecule has 3 aromatic rings. The number of aryl methyl sites for hydroxylation is 1. The Balaban J connectivity index is 1.42. The zero-order chi connectivity index (χ0) is 17.2. The summed E-state index contributed by atoms with van der Waals surface area (Å²) in [6.07, 6.45) is 10.3. The molecule has 4 rings (SSSR count). The van der Waals surface area contributed by atoms with Crippen molar-refractivity contribution in [2.75, 3.05) is 13.1 Å². The Morgan fingerprint density at radius 1 is 1.24 bits per heavy atom. The Hall–Kier alpha value is -2.96. The summed E-state index contributed by atoms with van der Waals surface area (Å²) >= 11 is 0. The van der Waals surface area contributed by atoms with Crippen LogP contribution >= 0.6 is 0 Å². The maximum Gasteiger partial charge on any atom is 0.259 e. The number of pyridine rings is 1. The van der Waals surface area contributed by atoms with Gasteiger partial charge in [-0.1, -0.05) is 0 Å². The largest absolute Gasteiger partial charge is 0.490 e. The molecular weight excluding hydrogens is 318 g/mol. The van der Waals surface area contributed by atoms with E-state index in [0.717, 1.165) is 24.2 Å². The molecule has 128 valence electrons. The lowest BCUT2D eigenvalue weighted by Gasteiger charge is -2.32. The molecule has 3 aromatic heterocycles. The minimum atomic E-state index is -0.0211. The first kappa shape index (κ1) is 15.6. The number of hydrogen-bond donors (Lipinski definition) is 0. The van der Waals surface area contributed by atoms with Crippen molar-refractivity contribution in [3.05, 3.63) is 54.2 Å². The first-order valence-corrected chi connectivity index (χ1v) is 8.37. The van der Waals surface area contributed by atoms with Crippen molar-refractivity contribution in [1.29, 1.82) is 0 Å². The molecule has 1 amide bonds. The predicted octanol–water partition coefficient (Wildman–Crippen LogP) is 2.12. The first-order chi connectivity index (χ1) is 12.2. The van der Waals surface area contributed by atoms with E-state index in [9.17, 15) is 4.79 Å². The summed E-state index contributed by atoms with van der Waals surface area (Å²) in [6.45, 7) is 3.31. The molecule has 7 heteroatoms. The lowest BCUT2D eigenvalue weighted by Crippen LogP contribution is -2.41. The summed E-state index contributed by atoms with van der Waals surface area (Å²) in [6, 6.07) is 3.68. The average molecular weight is 337 g/mol. The highest BCUT2D eigenvalue weighted by Gasteiger charge is 2.27. The predicted molar refractivity (Wildman–Crippen MR) is 91.5 cm³/mol. The lowest BCUT2D eigenvalue weighted by atomic mass is 10.1. The molecule has 25 heavy (non-hydrogen) atoms. The molecule has 0 aliphatic carbocycles. The summed E-state index contributed by atoms with van der Waals surface area (Å²) in [7, 11) is 0. The summed E-state index contributed by atoms with van der Waals surface area (Å²) in [5, 5.41) is 4.19. The van der Waals surface area contributed by atoms with E-state index in [1.54, 1.807) is 41.6 Å². The van der Waals surface area contributed by atoms with Gasteiger partial charge in [0, 0.05) is 56.3 Å². The van der Waals surface area contributed by atoms with E-state index >= 15 is 0 Å². The van der Waals surface area contributed by atoms with Crippen molar-refractivity contribution in [3.8, 4) is 5.75 Å². The van der Waals surface area contributed by atoms with Gasteiger partial charge in [0.2, 0.25) is 0 Å². The van der Waals surface area contributed by atoms with Gasteiger partial charge >= 0.3 is 0 Å². The van der Waals surface area contributed by atoms with Crippen LogP contribution in [0.5, 0.6) is 5.75 Å². The number of rotatable bonds is 3. The van der Waals surface area contributed by atoms with Crippen LogP contribution < -0.4 is 4.74 Å². The summed E-state index contributed by atoms with van der Waals surface area (Å²) in [4.78, 5) is 23.0. The number of hydrogen-bond acceptors (Lipinski definition) is 5. The van der Waals surface area contributed by atoms with E-state index in [1.165, 1.54) is 0 Å². The van der Waals surface area contributed by atoms with Gasteiger partial charge in [-0.05, 0) is 19.1 Å². The van der Waals surface area contributed by atoms with Gasteiger partial charge in [0.15, 0.2) is 5.65 Å². The summed E-state index contributed by atoms with van der Waals surface area (Å²) in [5.74, 6) is 0.846. The van der Waals surface area contributed by atoms with Gasteiger partial charge in [0.05, 0.1) is 6.20 Å². The molecule has 7 nitrogen and oxygen atoms in total. The Labute approximate surface area is 145 Å². The number of carbonyl (C=O) groups excluding carboxylic acids is 1. The number of ether oxygens (including phenoxy) is 1. The highest BCUT2D eigenvalue weighted by atomic mass is 16.5. The third kappa shape index (κ3) is 3.05. The van der Waals surface area contributed by atoms with Crippen molar-refractivity contribution in [2.24, 2.45) is 0 Å². The number of fused-ring (bicyclic) bond motifs is 1. The summed E-state index contributed by atoms with van der Waals surface area (Å²) in [5.41, 5.74) is 2.17. The van der Waals surface area contributed by atoms with Gasteiger partial charge in [0.25, 0.3) is 5.91 Å². The van der Waals surface area contributed by atoms with Crippen LogP contribution in [0.4, 0.5) is 0 Å². The van der Waals surface area contributed by atoms with E-state index in [-0.39, 0.29) is 12.0 Å². The van der Waals surface area contributed by atoms with Crippen molar-refractivity contribution < 1.29 is 9.53 Å². The molecule has 0 unspecified atom stereocenters. The van der Waals surface area contributed by atoms with E-state index in [4.69, 9.17) is 4.74 Å². The number of nitrogens with zero attached hydrogens (tertiary/aromatic N) is 5. The molecule has 0 radical (unpaired) electrons. The van der Waals surface area contributed by atoms with Gasteiger partial charge in [-0.2, -0.15) is 5.10 Å². The monoisotopic (exact) mass is 337 g/mol. The number of likely N-dealkylation sites (tertiary alicyclic amines) is 1. The van der Waals surface area contributed by atoms with Crippen LogP contribution in [-0.2, 0) is 0 Å². The molecule has 1 fully saturated rings. The second-order valence-electron chi connectivity index (χ2n) is 6.20. The normalized spacial score (nSPS) is 15.5. The van der Waals surface area contributed by atoms with E-state index in [2.05, 4.69) is 15.1 Å².